The van der Waals surface area contributed by atoms with E-state index < -0.39 is 10.0 Å². The van der Waals surface area contributed by atoms with Gasteiger partial charge in [0.25, 0.3) is 15.9 Å². The predicted molar refractivity (Wildman–Crippen MR) is 97.5 cm³/mol. The third kappa shape index (κ3) is 4.36. The van der Waals surface area contributed by atoms with Crippen molar-refractivity contribution in [1.29, 1.82) is 0 Å². The maximum Gasteiger partial charge on any atom is 0.256 e. The summed E-state index contributed by atoms with van der Waals surface area (Å²) in [7, 11) is -3.50. The highest BCUT2D eigenvalue weighted by Gasteiger charge is 2.30. The zero-order chi connectivity index (χ0) is 17.9. The van der Waals surface area contributed by atoms with Gasteiger partial charge in [-0.25, -0.2) is 8.42 Å². The first-order valence-corrected chi connectivity index (χ1v) is 9.88. The Labute approximate surface area is 148 Å². The lowest BCUT2D eigenvalue weighted by Gasteiger charge is -2.29. The summed E-state index contributed by atoms with van der Waals surface area (Å²) in [6, 6.07) is 10.0. The van der Waals surface area contributed by atoms with E-state index in [4.69, 9.17) is 0 Å². The first kappa shape index (κ1) is 17.4. The van der Waals surface area contributed by atoms with Crippen LogP contribution >= 0.6 is 0 Å². The van der Waals surface area contributed by atoms with Gasteiger partial charge in [-0.1, -0.05) is 30.3 Å². The quantitative estimate of drug-likeness (QED) is 0.866. The van der Waals surface area contributed by atoms with E-state index in [1.807, 2.05) is 25.1 Å². The van der Waals surface area contributed by atoms with Gasteiger partial charge in [-0.2, -0.15) is 0 Å². The summed E-state index contributed by atoms with van der Waals surface area (Å²) in [4.78, 5) is 14.3. The molecule has 0 saturated heterocycles. The average Bonchev–Trinajstić information content (AvgIpc) is 2.59. The first-order valence-electron chi connectivity index (χ1n) is 8.27. The summed E-state index contributed by atoms with van der Waals surface area (Å²) < 4.78 is 27.3. The highest BCUT2D eigenvalue weighted by molar-refractivity contribution is 7.90. The van der Waals surface area contributed by atoms with Crippen molar-refractivity contribution in [3.8, 4) is 0 Å². The Morgan fingerprint density at radius 2 is 2.08 bits per heavy atom. The first-order chi connectivity index (χ1) is 11.9. The van der Waals surface area contributed by atoms with Gasteiger partial charge in [0.05, 0.1) is 11.3 Å². The second-order valence-electron chi connectivity index (χ2n) is 6.21. The van der Waals surface area contributed by atoms with Crippen molar-refractivity contribution in [2.24, 2.45) is 4.40 Å². The van der Waals surface area contributed by atoms with Crippen LogP contribution in [0.2, 0.25) is 0 Å². The van der Waals surface area contributed by atoms with Gasteiger partial charge in [-0.05, 0) is 37.5 Å². The largest absolute Gasteiger partial charge is 0.349 e. The maximum absolute atomic E-state index is 12.6. The lowest BCUT2D eigenvalue weighted by molar-refractivity contribution is -0.117. The number of benzene rings is 1. The Kier molecular flexibility index (Phi) is 5.03. The van der Waals surface area contributed by atoms with Crippen molar-refractivity contribution in [2.75, 3.05) is 12.3 Å². The van der Waals surface area contributed by atoms with Crippen molar-refractivity contribution >= 4 is 21.8 Å². The zero-order valence-electron chi connectivity index (χ0n) is 14.1. The molecule has 1 aromatic rings. The molecule has 0 bridgehead atoms. The molecule has 25 heavy (non-hydrogen) atoms. The number of aryl methyl sites for hydroxylation is 1. The number of carbonyl (C=O) groups excluding carboxylic acids is 1. The molecule has 1 amide bonds. The van der Waals surface area contributed by atoms with Crippen molar-refractivity contribution in [2.45, 2.75) is 25.8 Å². The van der Waals surface area contributed by atoms with Crippen LogP contribution in [0.25, 0.3) is 0 Å². The van der Waals surface area contributed by atoms with Gasteiger partial charge in [0.2, 0.25) is 0 Å². The number of rotatable bonds is 5. The number of allylic oxidation sites excluding steroid dienone is 2. The van der Waals surface area contributed by atoms with Crippen LogP contribution < -0.4 is 5.32 Å². The molecule has 6 nitrogen and oxygen atoms in total. The normalized spacial score (nSPS) is 19.5. The van der Waals surface area contributed by atoms with Crippen molar-refractivity contribution in [1.82, 2.24) is 10.2 Å². The summed E-state index contributed by atoms with van der Waals surface area (Å²) >= 11 is 0. The fourth-order valence-corrected chi connectivity index (χ4v) is 3.78. The molecule has 1 atom stereocenters. The molecule has 0 saturated carbocycles. The third-order valence-electron chi connectivity index (χ3n) is 4.19. The summed E-state index contributed by atoms with van der Waals surface area (Å²) in [5.41, 5.74) is 1.51. The highest BCUT2D eigenvalue weighted by Crippen LogP contribution is 2.18. The number of sulfonamides is 1. The summed E-state index contributed by atoms with van der Waals surface area (Å²) in [6.45, 7) is 2.25. The molecule has 2 aliphatic rings. The fourth-order valence-electron chi connectivity index (χ4n) is 2.79. The molecule has 0 spiro atoms. The molecule has 3 rings (SSSR count). The van der Waals surface area contributed by atoms with Gasteiger partial charge in [-0.3, -0.25) is 4.79 Å². The van der Waals surface area contributed by atoms with Crippen LogP contribution in [0.3, 0.4) is 0 Å². The molecule has 0 fully saturated rings. The lowest BCUT2D eigenvalue weighted by Crippen LogP contribution is -2.44. The molecule has 7 heteroatoms. The van der Waals surface area contributed by atoms with Crippen molar-refractivity contribution in [3.63, 3.8) is 0 Å². The highest BCUT2D eigenvalue weighted by atomic mass is 32.2. The molecular formula is C18H21N3O3S. The number of hydrogen-bond donors (Lipinski definition) is 1. The van der Waals surface area contributed by atoms with Gasteiger partial charge >= 0.3 is 0 Å². The van der Waals surface area contributed by atoms with Crippen LogP contribution in [0, 0.1) is 0 Å². The van der Waals surface area contributed by atoms with E-state index in [9.17, 15) is 13.2 Å². The number of carbonyl (C=O) groups is 1. The lowest BCUT2D eigenvalue weighted by atomic mass is 10.1. The van der Waals surface area contributed by atoms with Gasteiger partial charge in [0, 0.05) is 18.8 Å². The van der Waals surface area contributed by atoms with Crippen LogP contribution in [0.1, 0.15) is 18.9 Å². The van der Waals surface area contributed by atoms with Gasteiger partial charge < -0.3 is 10.2 Å². The van der Waals surface area contributed by atoms with Crippen LogP contribution in [0.4, 0.5) is 0 Å². The average molecular weight is 359 g/mol. The Morgan fingerprint density at radius 1 is 1.32 bits per heavy atom. The molecule has 1 N–H and O–H groups in total. The van der Waals surface area contributed by atoms with Gasteiger partial charge in [-0.15, -0.1) is 4.40 Å². The maximum atomic E-state index is 12.6. The molecule has 2 heterocycles. The van der Waals surface area contributed by atoms with Crippen LogP contribution in [0.15, 0.2) is 58.7 Å². The molecule has 0 aromatic heterocycles. The molecule has 132 valence electrons. The minimum absolute atomic E-state index is 0.0336. The van der Waals surface area contributed by atoms with Gasteiger partial charge in [0.1, 0.15) is 0 Å². The monoisotopic (exact) mass is 359 g/mol. The number of nitrogens with zero attached hydrogens (tertiary/aromatic N) is 2. The standard InChI is InChI=1S/C18H21N3O3S/c1-14(9-10-15-6-3-2-4-7-15)19-18(22)16-8-5-11-21-12-13-25(23,24)20-17(16)21/h2-8,11,14H,9-10,12-13H2,1H3,(H,19,22). The van der Waals surface area contributed by atoms with Crippen molar-refractivity contribution in [3.05, 3.63) is 59.8 Å². The Morgan fingerprint density at radius 3 is 2.84 bits per heavy atom. The number of fused-ring (bicyclic) bond motifs is 1. The molecule has 1 aromatic carbocycles. The summed E-state index contributed by atoms with van der Waals surface area (Å²) in [5.74, 6) is -0.129. The van der Waals surface area contributed by atoms with Crippen LogP contribution in [-0.2, 0) is 21.2 Å². The Balaban J connectivity index is 1.65. The summed E-state index contributed by atoms with van der Waals surface area (Å²) in [6.07, 6.45) is 6.75. The number of amides is 1. The van der Waals surface area contributed by atoms with E-state index in [2.05, 4.69) is 21.8 Å². The molecule has 1 unspecified atom stereocenters. The van der Waals surface area contributed by atoms with E-state index in [1.165, 1.54) is 5.56 Å². The van der Waals surface area contributed by atoms with Crippen LogP contribution in [-0.4, -0.2) is 43.4 Å². The van der Waals surface area contributed by atoms with E-state index in [1.54, 1.807) is 23.3 Å². The van der Waals surface area contributed by atoms with Crippen LogP contribution in [0.5, 0.6) is 0 Å². The second-order valence-corrected chi connectivity index (χ2v) is 7.97. The minimum Gasteiger partial charge on any atom is -0.349 e. The molecule has 0 radical (unpaired) electrons. The molecule has 2 aliphatic heterocycles. The Hall–Kier alpha value is -2.41. The van der Waals surface area contributed by atoms with E-state index in [0.29, 0.717) is 6.54 Å². The van der Waals surface area contributed by atoms with Crippen molar-refractivity contribution < 1.29 is 13.2 Å². The fraction of sp³-hybridized carbons (Fsp3) is 0.333. The SMILES string of the molecule is CC(CCc1ccccc1)NC(=O)C1=CC=CN2CCS(=O)(=O)N=C12. The minimum atomic E-state index is -3.50. The molecular weight excluding hydrogens is 338 g/mol. The number of amidine groups is 1. The topological polar surface area (TPSA) is 78.8 Å². The zero-order valence-corrected chi connectivity index (χ0v) is 14.9. The second kappa shape index (κ2) is 7.23. The molecule has 0 aliphatic carbocycles. The van der Waals surface area contributed by atoms with E-state index >= 15 is 0 Å². The number of nitrogens with one attached hydrogen (secondary N) is 1. The number of hydrogen-bond acceptors (Lipinski definition) is 4. The van der Waals surface area contributed by atoms with Gasteiger partial charge in [0.15, 0.2) is 5.84 Å². The summed E-state index contributed by atoms with van der Waals surface area (Å²) in [5, 5.41) is 2.94. The van der Waals surface area contributed by atoms with E-state index in [-0.39, 0.29) is 29.1 Å². The third-order valence-corrected chi connectivity index (χ3v) is 5.34. The Bertz CT molecular complexity index is 842. The predicted octanol–water partition coefficient (Wildman–Crippen LogP) is 1.62. The smallest absolute Gasteiger partial charge is 0.256 e. The van der Waals surface area contributed by atoms with E-state index in [0.717, 1.165) is 12.8 Å².